The number of rotatable bonds is 5. The van der Waals surface area contributed by atoms with Gasteiger partial charge < -0.3 is 15.3 Å². The van der Waals surface area contributed by atoms with Crippen LogP contribution in [0.5, 0.6) is 0 Å². The van der Waals surface area contributed by atoms with E-state index in [0.717, 1.165) is 18.4 Å². The highest BCUT2D eigenvalue weighted by Crippen LogP contribution is 2.57. The zero-order valence-electron chi connectivity index (χ0n) is 13.3. The molecule has 25 heavy (non-hydrogen) atoms. The number of hydrogen-bond donors (Lipinski definition) is 2. The number of anilines is 2. The molecule has 0 bridgehead atoms. The van der Waals surface area contributed by atoms with Crippen LogP contribution in [-0.4, -0.2) is 34.1 Å². The number of benzene rings is 1. The van der Waals surface area contributed by atoms with Crippen molar-refractivity contribution in [2.45, 2.75) is 24.8 Å². The molecule has 2 N–H and O–H groups in total. The molecule has 1 saturated carbocycles. The molecular formula is C17H16ClFN4O2. The van der Waals surface area contributed by atoms with Crippen molar-refractivity contribution in [2.24, 2.45) is 0 Å². The third kappa shape index (κ3) is 2.63. The highest BCUT2D eigenvalue weighted by molar-refractivity contribution is 6.28. The molecule has 2 heterocycles. The second-order valence-electron chi connectivity index (χ2n) is 6.30. The van der Waals surface area contributed by atoms with Crippen molar-refractivity contribution in [3.05, 3.63) is 46.6 Å². The SMILES string of the molecule is O=C1N(Cc2cnc(Cl)nc2NCCO)c2cc(F)ccc2C12CC2. The lowest BCUT2D eigenvalue weighted by molar-refractivity contribution is -0.120. The molecule has 1 spiro atoms. The second-order valence-corrected chi connectivity index (χ2v) is 6.64. The van der Waals surface area contributed by atoms with Crippen LogP contribution < -0.4 is 10.2 Å². The van der Waals surface area contributed by atoms with E-state index in [9.17, 15) is 9.18 Å². The molecular weight excluding hydrogens is 347 g/mol. The van der Waals surface area contributed by atoms with Crippen LogP contribution in [-0.2, 0) is 16.8 Å². The van der Waals surface area contributed by atoms with E-state index in [1.165, 1.54) is 12.1 Å². The van der Waals surface area contributed by atoms with E-state index in [4.69, 9.17) is 16.7 Å². The molecule has 2 aliphatic rings. The Morgan fingerprint density at radius 1 is 1.40 bits per heavy atom. The Hall–Kier alpha value is -2.25. The zero-order chi connectivity index (χ0) is 17.6. The largest absolute Gasteiger partial charge is 0.395 e. The summed E-state index contributed by atoms with van der Waals surface area (Å²) in [4.78, 5) is 22.6. The minimum absolute atomic E-state index is 0.0174. The Labute approximate surface area is 148 Å². The molecule has 6 nitrogen and oxygen atoms in total. The van der Waals surface area contributed by atoms with Gasteiger partial charge in [-0.1, -0.05) is 6.07 Å². The molecule has 1 amide bonds. The molecule has 0 atom stereocenters. The summed E-state index contributed by atoms with van der Waals surface area (Å²) in [5.41, 5.74) is 1.65. The number of carbonyl (C=O) groups is 1. The summed E-state index contributed by atoms with van der Waals surface area (Å²) >= 11 is 5.84. The molecule has 1 aliphatic carbocycles. The molecule has 1 aromatic carbocycles. The lowest BCUT2D eigenvalue weighted by Gasteiger charge is -2.20. The van der Waals surface area contributed by atoms with E-state index >= 15 is 0 Å². The number of aliphatic hydroxyl groups is 1. The van der Waals surface area contributed by atoms with E-state index in [-0.39, 0.29) is 30.2 Å². The maximum Gasteiger partial charge on any atom is 0.238 e. The first kappa shape index (κ1) is 16.2. The smallest absolute Gasteiger partial charge is 0.238 e. The predicted molar refractivity (Wildman–Crippen MR) is 91.1 cm³/mol. The summed E-state index contributed by atoms with van der Waals surface area (Å²) in [5, 5.41) is 12.0. The first-order chi connectivity index (χ1) is 12.0. The van der Waals surface area contributed by atoms with Gasteiger partial charge in [0.05, 0.1) is 24.3 Å². The summed E-state index contributed by atoms with van der Waals surface area (Å²) < 4.78 is 13.8. The highest BCUT2D eigenvalue weighted by Gasteiger charge is 2.59. The van der Waals surface area contributed by atoms with Gasteiger partial charge in [-0.15, -0.1) is 0 Å². The average molecular weight is 363 g/mol. The highest BCUT2D eigenvalue weighted by atomic mass is 35.5. The molecule has 1 fully saturated rings. The van der Waals surface area contributed by atoms with Crippen molar-refractivity contribution in [3.63, 3.8) is 0 Å². The van der Waals surface area contributed by atoms with Crippen LogP contribution in [0.4, 0.5) is 15.9 Å². The average Bonchev–Trinajstić information content (AvgIpc) is 3.36. The minimum atomic E-state index is -0.491. The maximum absolute atomic E-state index is 13.8. The van der Waals surface area contributed by atoms with Crippen molar-refractivity contribution in [1.82, 2.24) is 9.97 Å². The van der Waals surface area contributed by atoms with Crippen molar-refractivity contribution < 1.29 is 14.3 Å². The number of aromatic nitrogens is 2. The van der Waals surface area contributed by atoms with Gasteiger partial charge in [0.25, 0.3) is 0 Å². The summed E-state index contributed by atoms with van der Waals surface area (Å²) in [6.07, 6.45) is 3.11. The van der Waals surface area contributed by atoms with Crippen LogP contribution in [0.2, 0.25) is 5.28 Å². The quantitative estimate of drug-likeness (QED) is 0.798. The number of amides is 1. The molecule has 0 radical (unpaired) electrons. The van der Waals surface area contributed by atoms with Crippen molar-refractivity contribution in [2.75, 3.05) is 23.4 Å². The van der Waals surface area contributed by atoms with Crippen LogP contribution in [0.3, 0.4) is 0 Å². The summed E-state index contributed by atoms with van der Waals surface area (Å²) in [6.45, 7) is 0.437. The number of nitrogens with one attached hydrogen (secondary N) is 1. The van der Waals surface area contributed by atoms with Gasteiger partial charge in [-0.2, -0.15) is 0 Å². The fourth-order valence-electron chi connectivity index (χ4n) is 3.38. The first-order valence-electron chi connectivity index (χ1n) is 8.03. The fourth-order valence-corrected chi connectivity index (χ4v) is 3.51. The monoisotopic (exact) mass is 362 g/mol. The number of aliphatic hydroxyl groups excluding tert-OH is 1. The number of hydrogen-bond acceptors (Lipinski definition) is 5. The Bertz CT molecular complexity index is 857. The molecule has 2 aromatic rings. The number of carbonyl (C=O) groups excluding carboxylic acids is 1. The van der Waals surface area contributed by atoms with Crippen molar-refractivity contribution >= 4 is 29.0 Å². The lowest BCUT2D eigenvalue weighted by Crippen LogP contribution is -2.32. The molecule has 130 valence electrons. The van der Waals surface area contributed by atoms with E-state index in [1.54, 1.807) is 17.2 Å². The lowest BCUT2D eigenvalue weighted by atomic mass is 9.98. The summed E-state index contributed by atoms with van der Waals surface area (Å²) in [5.74, 6) is 0.0629. The van der Waals surface area contributed by atoms with Crippen LogP contribution in [0.25, 0.3) is 0 Å². The van der Waals surface area contributed by atoms with Gasteiger partial charge >= 0.3 is 0 Å². The van der Waals surface area contributed by atoms with E-state index in [0.29, 0.717) is 23.6 Å². The third-order valence-electron chi connectivity index (χ3n) is 4.74. The Morgan fingerprint density at radius 2 is 2.20 bits per heavy atom. The summed E-state index contributed by atoms with van der Waals surface area (Å²) in [7, 11) is 0. The molecule has 8 heteroatoms. The van der Waals surface area contributed by atoms with Crippen LogP contribution >= 0.6 is 11.6 Å². The third-order valence-corrected chi connectivity index (χ3v) is 4.92. The van der Waals surface area contributed by atoms with Crippen LogP contribution in [0.15, 0.2) is 24.4 Å². The van der Waals surface area contributed by atoms with Gasteiger partial charge in [0.1, 0.15) is 11.6 Å². The predicted octanol–water partition coefficient (Wildman–Crippen LogP) is 2.25. The Morgan fingerprint density at radius 3 is 2.92 bits per heavy atom. The van der Waals surface area contributed by atoms with Crippen molar-refractivity contribution in [1.29, 1.82) is 0 Å². The van der Waals surface area contributed by atoms with Crippen LogP contribution in [0.1, 0.15) is 24.0 Å². The van der Waals surface area contributed by atoms with Gasteiger partial charge in [0.15, 0.2) is 0 Å². The van der Waals surface area contributed by atoms with E-state index in [1.807, 2.05) is 0 Å². The van der Waals surface area contributed by atoms with Crippen molar-refractivity contribution in [3.8, 4) is 0 Å². The van der Waals surface area contributed by atoms with Gasteiger partial charge in [-0.05, 0) is 42.1 Å². The van der Waals surface area contributed by atoms with E-state index in [2.05, 4.69) is 15.3 Å². The minimum Gasteiger partial charge on any atom is -0.395 e. The summed E-state index contributed by atoms with van der Waals surface area (Å²) in [6, 6.07) is 4.51. The molecule has 1 aliphatic heterocycles. The van der Waals surface area contributed by atoms with E-state index < -0.39 is 5.41 Å². The topological polar surface area (TPSA) is 78.4 Å². The first-order valence-corrected chi connectivity index (χ1v) is 8.41. The van der Waals surface area contributed by atoms with Gasteiger partial charge in [-0.3, -0.25) is 4.79 Å². The zero-order valence-corrected chi connectivity index (χ0v) is 14.1. The molecule has 0 saturated heterocycles. The maximum atomic E-state index is 13.8. The van der Waals surface area contributed by atoms with Gasteiger partial charge in [0, 0.05) is 18.3 Å². The molecule has 4 rings (SSSR count). The number of fused-ring (bicyclic) bond motifs is 2. The molecule has 1 aromatic heterocycles. The molecule has 0 unspecified atom stereocenters. The standard InChI is InChI=1S/C17H16ClFN4O2/c18-16-21-8-10(14(22-16)20-5-6-24)9-23-13-7-11(19)1-2-12(13)17(3-4-17)15(23)25/h1-2,7-8,24H,3-6,9H2,(H,20,21,22). The van der Waals surface area contributed by atoms with Crippen LogP contribution in [0, 0.1) is 5.82 Å². The second kappa shape index (κ2) is 5.93. The Balaban J connectivity index is 1.70. The normalized spacial score (nSPS) is 17.1. The fraction of sp³-hybridized carbons (Fsp3) is 0.353. The van der Waals surface area contributed by atoms with Gasteiger partial charge in [-0.25, -0.2) is 14.4 Å². The van der Waals surface area contributed by atoms with Gasteiger partial charge in [0.2, 0.25) is 11.2 Å². The number of halogens is 2. The Kier molecular flexibility index (Phi) is 3.85. The number of nitrogens with zero attached hydrogens (tertiary/aromatic N) is 3.